The number of hydrogen-bond acceptors (Lipinski definition) is 6. The summed E-state index contributed by atoms with van der Waals surface area (Å²) in [6.45, 7) is 3.77. The van der Waals surface area contributed by atoms with E-state index < -0.39 is 0 Å². The average molecular weight is 345 g/mol. The molecule has 2 aromatic heterocycles. The quantitative estimate of drug-likeness (QED) is 0.784. The molecule has 1 aliphatic rings. The normalized spacial score (nSPS) is 14.2. The van der Waals surface area contributed by atoms with E-state index in [2.05, 4.69) is 32.3 Å². The van der Waals surface area contributed by atoms with Crippen LogP contribution < -0.4 is 10.2 Å². The van der Waals surface area contributed by atoms with Gasteiger partial charge in [-0.25, -0.2) is 9.97 Å². The zero-order chi connectivity index (χ0) is 17.8. The highest BCUT2D eigenvalue weighted by atomic mass is 16.5. The lowest BCUT2D eigenvalue weighted by Crippen LogP contribution is -2.37. The van der Waals surface area contributed by atoms with E-state index in [1.165, 1.54) is 0 Å². The summed E-state index contributed by atoms with van der Waals surface area (Å²) in [6, 6.07) is 15.8. The Labute approximate surface area is 152 Å². The Morgan fingerprint density at radius 2 is 2.00 bits per heavy atom. The number of aromatic nitrogens is 2. The third kappa shape index (κ3) is 3.30. The topological polar surface area (TPSA) is 74.1 Å². The molecule has 0 bridgehead atoms. The van der Waals surface area contributed by atoms with E-state index in [0.29, 0.717) is 12.2 Å². The molecule has 0 unspecified atom stereocenters. The molecule has 1 aliphatic heterocycles. The van der Waals surface area contributed by atoms with Gasteiger partial charge in [-0.3, -0.25) is 0 Å². The molecule has 3 aromatic rings. The van der Waals surface area contributed by atoms with Crippen LogP contribution in [0, 0.1) is 11.3 Å². The Kier molecular flexibility index (Phi) is 4.63. The van der Waals surface area contributed by atoms with Gasteiger partial charge >= 0.3 is 0 Å². The highest BCUT2D eigenvalue weighted by Crippen LogP contribution is 2.25. The number of pyridine rings is 2. The number of hydrogen-bond donors (Lipinski definition) is 1. The van der Waals surface area contributed by atoms with E-state index in [-0.39, 0.29) is 0 Å². The molecule has 6 heteroatoms. The molecule has 0 spiro atoms. The second kappa shape index (κ2) is 7.38. The number of para-hydroxylation sites is 1. The molecule has 0 saturated carbocycles. The molecule has 1 N–H and O–H groups in total. The van der Waals surface area contributed by atoms with E-state index in [4.69, 9.17) is 4.74 Å². The number of nitrogens with one attached hydrogen (secondary N) is 1. The maximum atomic E-state index is 9.25. The van der Waals surface area contributed by atoms with Gasteiger partial charge in [-0.15, -0.1) is 0 Å². The average Bonchev–Trinajstić information content (AvgIpc) is 2.72. The monoisotopic (exact) mass is 345 g/mol. The predicted octanol–water partition coefficient (Wildman–Crippen LogP) is 2.95. The second-order valence-electron chi connectivity index (χ2n) is 6.12. The summed E-state index contributed by atoms with van der Waals surface area (Å²) < 4.78 is 5.44. The van der Waals surface area contributed by atoms with Gasteiger partial charge in [-0.05, 0) is 18.2 Å². The van der Waals surface area contributed by atoms with Crippen molar-refractivity contribution in [2.24, 2.45) is 0 Å². The van der Waals surface area contributed by atoms with Gasteiger partial charge in [0.25, 0.3) is 0 Å². The fourth-order valence-corrected chi connectivity index (χ4v) is 3.20. The molecule has 0 aliphatic carbocycles. The van der Waals surface area contributed by atoms with Crippen molar-refractivity contribution in [2.75, 3.05) is 36.5 Å². The molecule has 26 heavy (non-hydrogen) atoms. The van der Waals surface area contributed by atoms with Gasteiger partial charge in [0.2, 0.25) is 0 Å². The highest BCUT2D eigenvalue weighted by molar-refractivity contribution is 5.91. The largest absolute Gasteiger partial charge is 0.380 e. The van der Waals surface area contributed by atoms with Gasteiger partial charge < -0.3 is 15.0 Å². The van der Waals surface area contributed by atoms with Crippen LogP contribution >= 0.6 is 0 Å². The molecule has 0 radical (unpaired) electrons. The Morgan fingerprint density at radius 3 is 2.85 bits per heavy atom. The van der Waals surface area contributed by atoms with E-state index in [1.54, 1.807) is 6.07 Å². The Hall–Kier alpha value is -3.17. The fourth-order valence-electron chi connectivity index (χ4n) is 3.20. The van der Waals surface area contributed by atoms with Crippen molar-refractivity contribution in [3.05, 3.63) is 59.9 Å². The lowest BCUT2D eigenvalue weighted by molar-refractivity contribution is 0.122. The Balaban J connectivity index is 1.62. The zero-order valence-electron chi connectivity index (χ0n) is 14.4. The third-order valence-corrected chi connectivity index (χ3v) is 4.48. The molecule has 0 atom stereocenters. The smallest absolute Gasteiger partial charge is 0.143 e. The van der Waals surface area contributed by atoms with Crippen molar-refractivity contribution >= 4 is 22.4 Å². The highest BCUT2D eigenvalue weighted by Gasteiger charge is 2.16. The van der Waals surface area contributed by atoms with Crippen LogP contribution in [-0.4, -0.2) is 36.3 Å². The molecule has 4 rings (SSSR count). The summed E-state index contributed by atoms with van der Waals surface area (Å²) >= 11 is 0. The van der Waals surface area contributed by atoms with Gasteiger partial charge in [0.1, 0.15) is 17.6 Å². The van der Waals surface area contributed by atoms with Crippen LogP contribution in [0.3, 0.4) is 0 Å². The molecule has 3 heterocycles. The van der Waals surface area contributed by atoms with Crippen LogP contribution in [0.2, 0.25) is 0 Å². The van der Waals surface area contributed by atoms with E-state index in [0.717, 1.165) is 54.3 Å². The molecular formula is C20H19N5O. The number of ether oxygens (including phenoxy) is 1. The maximum Gasteiger partial charge on any atom is 0.143 e. The van der Waals surface area contributed by atoms with Crippen LogP contribution in [0.4, 0.5) is 11.5 Å². The predicted molar refractivity (Wildman–Crippen MR) is 101 cm³/mol. The van der Waals surface area contributed by atoms with Crippen LogP contribution in [-0.2, 0) is 11.3 Å². The van der Waals surface area contributed by atoms with Crippen LogP contribution in [0.15, 0.2) is 48.7 Å². The van der Waals surface area contributed by atoms with E-state index >= 15 is 0 Å². The molecule has 130 valence electrons. The first-order valence-electron chi connectivity index (χ1n) is 8.65. The van der Waals surface area contributed by atoms with Crippen molar-refractivity contribution in [1.29, 1.82) is 5.26 Å². The minimum atomic E-state index is 0.408. The standard InChI is InChI=1S/C20H19N5O/c21-13-16-12-19(17-5-1-2-6-18(17)24-16)23-14-15-4-3-7-22-20(15)25-8-10-26-11-9-25/h1-7,12H,8-11,14H2,(H,23,24). The van der Waals surface area contributed by atoms with E-state index in [1.807, 2.05) is 36.5 Å². The number of rotatable bonds is 4. The van der Waals surface area contributed by atoms with Gasteiger partial charge in [0, 0.05) is 42.5 Å². The minimum absolute atomic E-state index is 0.408. The van der Waals surface area contributed by atoms with Crippen LogP contribution in [0.25, 0.3) is 10.9 Å². The first-order valence-corrected chi connectivity index (χ1v) is 8.65. The SMILES string of the molecule is N#Cc1cc(NCc2cccnc2N2CCOCC2)c2ccccc2n1. The van der Waals surface area contributed by atoms with Gasteiger partial charge in [-0.1, -0.05) is 24.3 Å². The zero-order valence-corrected chi connectivity index (χ0v) is 14.4. The van der Waals surface area contributed by atoms with Gasteiger partial charge in [0.15, 0.2) is 0 Å². The van der Waals surface area contributed by atoms with Crippen molar-refractivity contribution in [3.8, 4) is 6.07 Å². The number of nitriles is 1. The number of morpholine rings is 1. The molecular weight excluding hydrogens is 326 g/mol. The Morgan fingerprint density at radius 1 is 1.15 bits per heavy atom. The molecule has 6 nitrogen and oxygen atoms in total. The maximum absolute atomic E-state index is 9.25. The molecule has 1 aromatic carbocycles. The van der Waals surface area contributed by atoms with E-state index in [9.17, 15) is 5.26 Å². The third-order valence-electron chi connectivity index (χ3n) is 4.48. The molecule has 1 saturated heterocycles. The summed E-state index contributed by atoms with van der Waals surface area (Å²) in [4.78, 5) is 11.2. The first-order chi connectivity index (χ1) is 12.8. The molecule has 0 amide bonds. The van der Waals surface area contributed by atoms with Gasteiger partial charge in [-0.2, -0.15) is 5.26 Å². The van der Waals surface area contributed by atoms with Crippen molar-refractivity contribution in [2.45, 2.75) is 6.54 Å². The number of benzene rings is 1. The van der Waals surface area contributed by atoms with Crippen molar-refractivity contribution in [3.63, 3.8) is 0 Å². The lowest BCUT2D eigenvalue weighted by atomic mass is 10.1. The fraction of sp³-hybridized carbons (Fsp3) is 0.250. The summed E-state index contributed by atoms with van der Waals surface area (Å²) in [5.41, 5.74) is 3.25. The van der Waals surface area contributed by atoms with Crippen molar-refractivity contribution < 1.29 is 4.74 Å². The number of nitrogens with zero attached hydrogens (tertiary/aromatic N) is 4. The van der Waals surface area contributed by atoms with Crippen molar-refractivity contribution in [1.82, 2.24) is 9.97 Å². The Bertz CT molecular complexity index is 960. The minimum Gasteiger partial charge on any atom is -0.380 e. The number of fused-ring (bicyclic) bond motifs is 1. The van der Waals surface area contributed by atoms with Gasteiger partial charge in [0.05, 0.1) is 18.7 Å². The number of anilines is 2. The lowest BCUT2D eigenvalue weighted by Gasteiger charge is -2.29. The first kappa shape index (κ1) is 16.3. The van der Waals surface area contributed by atoms with Crippen LogP contribution in [0.1, 0.15) is 11.3 Å². The molecule has 1 fully saturated rings. The summed E-state index contributed by atoms with van der Waals surface area (Å²) in [7, 11) is 0. The summed E-state index contributed by atoms with van der Waals surface area (Å²) in [5.74, 6) is 0.988. The second-order valence-corrected chi connectivity index (χ2v) is 6.12. The summed E-state index contributed by atoms with van der Waals surface area (Å²) in [6.07, 6.45) is 1.82. The van der Waals surface area contributed by atoms with Crippen LogP contribution in [0.5, 0.6) is 0 Å². The summed E-state index contributed by atoms with van der Waals surface area (Å²) in [5, 5.41) is 13.7.